The van der Waals surface area contributed by atoms with Crippen molar-refractivity contribution in [1.82, 2.24) is 15.1 Å². The lowest BCUT2D eigenvalue weighted by molar-refractivity contribution is -0.134. The Morgan fingerprint density at radius 2 is 2.00 bits per heavy atom. The van der Waals surface area contributed by atoms with Gasteiger partial charge in [0.25, 0.3) is 0 Å². The van der Waals surface area contributed by atoms with Crippen molar-refractivity contribution < 1.29 is 4.79 Å². The maximum atomic E-state index is 12.4. The molecule has 0 aliphatic carbocycles. The monoisotopic (exact) mass is 285 g/mol. The molecule has 0 saturated carbocycles. The van der Waals surface area contributed by atoms with E-state index in [4.69, 9.17) is 0 Å². The van der Waals surface area contributed by atoms with Gasteiger partial charge in [0.1, 0.15) is 0 Å². The van der Waals surface area contributed by atoms with E-state index in [1.807, 2.05) is 11.8 Å². The molecular weight excluding hydrogens is 258 g/mol. The maximum absolute atomic E-state index is 12.4. The van der Waals surface area contributed by atoms with Gasteiger partial charge in [-0.2, -0.15) is 11.8 Å². The SMILES string of the molecule is CCN(CC)C1CCN(C(=O)C2CSCCN2)CC1. The van der Waals surface area contributed by atoms with Crippen molar-refractivity contribution in [2.75, 3.05) is 44.2 Å². The fourth-order valence-corrected chi connectivity index (χ4v) is 4.06. The van der Waals surface area contributed by atoms with Crippen LogP contribution in [0.15, 0.2) is 0 Å². The Morgan fingerprint density at radius 3 is 2.53 bits per heavy atom. The summed E-state index contributed by atoms with van der Waals surface area (Å²) < 4.78 is 0. The van der Waals surface area contributed by atoms with Gasteiger partial charge >= 0.3 is 0 Å². The molecule has 0 radical (unpaired) electrons. The third-order valence-electron chi connectivity index (χ3n) is 4.32. The minimum Gasteiger partial charge on any atom is -0.341 e. The molecule has 2 rings (SSSR count). The highest BCUT2D eigenvalue weighted by atomic mass is 32.2. The summed E-state index contributed by atoms with van der Waals surface area (Å²) in [5.41, 5.74) is 0. The number of hydrogen-bond donors (Lipinski definition) is 1. The van der Waals surface area contributed by atoms with Crippen molar-refractivity contribution in [2.45, 2.75) is 38.8 Å². The van der Waals surface area contributed by atoms with Crippen LogP contribution in [0.25, 0.3) is 0 Å². The topological polar surface area (TPSA) is 35.6 Å². The van der Waals surface area contributed by atoms with Crippen molar-refractivity contribution in [2.24, 2.45) is 0 Å². The Labute approximate surface area is 121 Å². The predicted octanol–water partition coefficient (Wildman–Crippen LogP) is 1.02. The van der Waals surface area contributed by atoms with Gasteiger partial charge in [0.2, 0.25) is 5.91 Å². The first kappa shape index (κ1) is 15.1. The second kappa shape index (κ2) is 7.50. The number of likely N-dealkylation sites (tertiary alicyclic amines) is 1. The molecule has 0 aromatic heterocycles. The lowest BCUT2D eigenvalue weighted by atomic mass is 10.0. The number of carbonyl (C=O) groups excluding carboxylic acids is 1. The molecule has 1 atom stereocenters. The molecule has 1 unspecified atom stereocenters. The van der Waals surface area contributed by atoms with Crippen molar-refractivity contribution in [1.29, 1.82) is 0 Å². The summed E-state index contributed by atoms with van der Waals surface area (Å²) >= 11 is 1.89. The number of piperidine rings is 1. The predicted molar refractivity (Wildman–Crippen MR) is 81.6 cm³/mol. The zero-order chi connectivity index (χ0) is 13.7. The van der Waals surface area contributed by atoms with E-state index >= 15 is 0 Å². The van der Waals surface area contributed by atoms with Gasteiger partial charge in [-0.15, -0.1) is 0 Å². The molecule has 0 aromatic carbocycles. The summed E-state index contributed by atoms with van der Waals surface area (Å²) in [5, 5.41) is 3.35. The van der Waals surface area contributed by atoms with Crippen LogP contribution in [0.3, 0.4) is 0 Å². The number of rotatable bonds is 4. The number of thioether (sulfide) groups is 1. The Morgan fingerprint density at radius 1 is 1.32 bits per heavy atom. The van der Waals surface area contributed by atoms with E-state index in [1.165, 1.54) is 0 Å². The fraction of sp³-hybridized carbons (Fsp3) is 0.929. The first-order chi connectivity index (χ1) is 9.26. The molecule has 1 amide bonds. The molecule has 2 heterocycles. The molecule has 0 spiro atoms. The van der Waals surface area contributed by atoms with Gasteiger partial charge in [-0.1, -0.05) is 13.8 Å². The van der Waals surface area contributed by atoms with Crippen LogP contribution in [0.5, 0.6) is 0 Å². The molecule has 19 heavy (non-hydrogen) atoms. The van der Waals surface area contributed by atoms with E-state index in [-0.39, 0.29) is 6.04 Å². The van der Waals surface area contributed by atoms with Gasteiger partial charge in [-0.05, 0) is 25.9 Å². The van der Waals surface area contributed by atoms with Crippen LogP contribution in [0.2, 0.25) is 0 Å². The highest BCUT2D eigenvalue weighted by molar-refractivity contribution is 7.99. The van der Waals surface area contributed by atoms with Gasteiger partial charge in [-0.25, -0.2) is 0 Å². The summed E-state index contributed by atoms with van der Waals surface area (Å²) in [5.74, 6) is 2.40. The molecule has 1 N–H and O–H groups in total. The molecule has 2 aliphatic rings. The molecule has 5 heteroatoms. The standard InChI is InChI=1S/C14H27N3OS/c1-3-16(4-2)12-5-8-17(9-6-12)14(18)13-11-19-10-7-15-13/h12-13,15H,3-11H2,1-2H3. The quantitative estimate of drug-likeness (QED) is 0.837. The Hall–Kier alpha value is -0.260. The Bertz CT molecular complexity index is 282. The van der Waals surface area contributed by atoms with E-state index in [0.717, 1.165) is 57.1 Å². The summed E-state index contributed by atoms with van der Waals surface area (Å²) in [6, 6.07) is 0.733. The Balaban J connectivity index is 1.80. The zero-order valence-corrected chi connectivity index (χ0v) is 13.0. The third-order valence-corrected chi connectivity index (χ3v) is 5.39. The van der Waals surface area contributed by atoms with E-state index in [0.29, 0.717) is 11.9 Å². The highest BCUT2D eigenvalue weighted by Gasteiger charge is 2.30. The lowest BCUT2D eigenvalue weighted by Crippen LogP contribution is -2.54. The second-order valence-corrected chi connectivity index (χ2v) is 6.51. The van der Waals surface area contributed by atoms with Gasteiger partial charge < -0.3 is 15.1 Å². The van der Waals surface area contributed by atoms with Gasteiger partial charge in [0.15, 0.2) is 0 Å². The molecule has 0 aromatic rings. The van der Waals surface area contributed by atoms with Crippen LogP contribution < -0.4 is 5.32 Å². The third kappa shape index (κ3) is 3.86. The van der Waals surface area contributed by atoms with Crippen LogP contribution in [-0.4, -0.2) is 72.0 Å². The molecule has 2 saturated heterocycles. The lowest BCUT2D eigenvalue weighted by Gasteiger charge is -2.39. The average Bonchev–Trinajstić information content (AvgIpc) is 2.49. The number of nitrogens with one attached hydrogen (secondary N) is 1. The van der Waals surface area contributed by atoms with E-state index in [9.17, 15) is 4.79 Å². The fourth-order valence-electron chi connectivity index (χ4n) is 3.14. The summed E-state index contributed by atoms with van der Waals surface area (Å²) in [6.07, 6.45) is 2.26. The van der Waals surface area contributed by atoms with Crippen LogP contribution in [0.4, 0.5) is 0 Å². The highest BCUT2D eigenvalue weighted by Crippen LogP contribution is 2.18. The molecule has 2 aliphatic heterocycles. The molecule has 2 fully saturated rings. The van der Waals surface area contributed by atoms with E-state index in [1.54, 1.807) is 0 Å². The minimum absolute atomic E-state index is 0.0590. The number of nitrogens with zero attached hydrogens (tertiary/aromatic N) is 2. The molecule has 0 bridgehead atoms. The van der Waals surface area contributed by atoms with Crippen molar-refractivity contribution in [3.63, 3.8) is 0 Å². The minimum atomic E-state index is 0.0590. The molecule has 110 valence electrons. The second-order valence-electron chi connectivity index (χ2n) is 5.36. The summed E-state index contributed by atoms with van der Waals surface area (Å²) in [4.78, 5) is 17.0. The van der Waals surface area contributed by atoms with Gasteiger partial charge in [0.05, 0.1) is 6.04 Å². The largest absolute Gasteiger partial charge is 0.341 e. The van der Waals surface area contributed by atoms with Gasteiger partial charge in [-0.3, -0.25) is 4.79 Å². The van der Waals surface area contributed by atoms with Gasteiger partial charge in [0, 0.05) is 37.2 Å². The number of hydrogen-bond acceptors (Lipinski definition) is 4. The van der Waals surface area contributed by atoms with Crippen LogP contribution >= 0.6 is 11.8 Å². The number of carbonyl (C=O) groups is 1. The van der Waals surface area contributed by atoms with Crippen LogP contribution in [0.1, 0.15) is 26.7 Å². The van der Waals surface area contributed by atoms with E-state index in [2.05, 4.69) is 29.0 Å². The van der Waals surface area contributed by atoms with Crippen LogP contribution in [0, 0.1) is 0 Å². The smallest absolute Gasteiger partial charge is 0.240 e. The molecule has 4 nitrogen and oxygen atoms in total. The van der Waals surface area contributed by atoms with Crippen molar-refractivity contribution >= 4 is 17.7 Å². The average molecular weight is 285 g/mol. The normalized spacial score (nSPS) is 25.8. The van der Waals surface area contributed by atoms with Crippen molar-refractivity contribution in [3.8, 4) is 0 Å². The zero-order valence-electron chi connectivity index (χ0n) is 12.2. The van der Waals surface area contributed by atoms with Crippen molar-refractivity contribution in [3.05, 3.63) is 0 Å². The first-order valence-corrected chi connectivity index (χ1v) is 8.75. The summed E-state index contributed by atoms with van der Waals surface area (Å²) in [7, 11) is 0. The summed E-state index contributed by atoms with van der Waals surface area (Å²) in [6.45, 7) is 9.53. The van der Waals surface area contributed by atoms with Crippen LogP contribution in [-0.2, 0) is 4.79 Å². The maximum Gasteiger partial charge on any atom is 0.240 e. The first-order valence-electron chi connectivity index (χ1n) is 7.60. The Kier molecular flexibility index (Phi) is 5.98. The van der Waals surface area contributed by atoms with E-state index < -0.39 is 0 Å². The number of amides is 1. The molecular formula is C14H27N3OS.